The zero-order valence-electron chi connectivity index (χ0n) is 60.2. The van der Waals surface area contributed by atoms with Crippen molar-refractivity contribution in [2.75, 3.05) is 14.7 Å². The van der Waals surface area contributed by atoms with Gasteiger partial charge in [0.05, 0.1) is 22.6 Å². The molecule has 0 saturated carbocycles. The van der Waals surface area contributed by atoms with Crippen LogP contribution in [-0.4, -0.2) is 11.3 Å². The number of anilines is 9. The highest BCUT2D eigenvalue weighted by Crippen LogP contribution is 2.55. The minimum Gasteiger partial charge on any atom is -0.319 e. The summed E-state index contributed by atoms with van der Waals surface area (Å²) in [6.07, 6.45) is 2.23. The van der Waals surface area contributed by atoms with Crippen molar-refractivity contribution in [2.24, 2.45) is 0 Å². The molecular weight excluding hydrogens is 1120 g/mol. The predicted octanol–water partition coefficient (Wildman–Crippen LogP) is 23.0. The zero-order chi connectivity index (χ0) is 66.7. The van der Waals surface area contributed by atoms with E-state index in [1.54, 1.807) is 0 Å². The molecule has 0 bridgehead atoms. The monoisotopic (exact) mass is 1220 g/mol. The van der Waals surface area contributed by atoms with Crippen molar-refractivity contribution in [2.45, 2.75) is 208 Å². The molecule has 0 atom stereocenters. The normalized spacial score (nSPS) is 15.4. The molecule has 3 aliphatic rings. The summed E-state index contributed by atoms with van der Waals surface area (Å²) in [5.74, 6) is 0. The third-order valence-electron chi connectivity index (χ3n) is 21.2. The molecule has 3 heterocycles. The van der Waals surface area contributed by atoms with E-state index < -0.39 is 0 Å². The molecule has 93 heavy (non-hydrogen) atoms. The molecule has 1 aliphatic carbocycles. The third kappa shape index (κ3) is 11.2. The van der Waals surface area contributed by atoms with E-state index in [1.807, 2.05) is 0 Å². The standard InChI is InChI=1S/C88H101BN4/c1-81(2,3)57-28-38-63(39-29-57)90(64-40-30-58(31-41-64)82(4,5)6)67-52-76-78-77(53-67)93(73-46-36-61(85(13,14)15)50-68(73)56-26-24-23-25-27-56)79-69-51-62(86(16,17)18)37-47-74(69)92(66-44-34-60(35-45-66)84(10,11)12)80(79)89(78)72-54-70-71(88(21,22)49-48-87(70,19)20)55-75(72)91(76)65-42-32-59(33-43-65)83(7,8)9/h23-47,50-55H,48-49H2,1-22H3. The number of aromatic nitrogens is 1. The molecule has 5 heteroatoms. The van der Waals surface area contributed by atoms with E-state index in [9.17, 15) is 0 Å². The Morgan fingerprint density at radius 1 is 0.366 bits per heavy atom. The smallest absolute Gasteiger partial charge is 0.273 e. The summed E-state index contributed by atoms with van der Waals surface area (Å²) in [6, 6.07) is 74.7. The van der Waals surface area contributed by atoms with Crippen molar-refractivity contribution in [1.29, 1.82) is 0 Å². The van der Waals surface area contributed by atoms with Crippen molar-refractivity contribution < 1.29 is 0 Å². The van der Waals surface area contributed by atoms with Crippen LogP contribution in [-0.2, 0) is 43.3 Å². The second kappa shape index (κ2) is 21.8. The Balaban J connectivity index is 1.27. The third-order valence-corrected chi connectivity index (χ3v) is 21.2. The molecule has 13 rings (SSSR count). The Bertz CT molecular complexity index is 4460. The highest BCUT2D eigenvalue weighted by molar-refractivity contribution is 7.00. The fourth-order valence-corrected chi connectivity index (χ4v) is 15.1. The van der Waals surface area contributed by atoms with Crippen LogP contribution in [0.3, 0.4) is 0 Å². The Morgan fingerprint density at radius 3 is 1.27 bits per heavy atom. The highest BCUT2D eigenvalue weighted by Gasteiger charge is 2.50. The fourth-order valence-electron chi connectivity index (χ4n) is 15.1. The predicted molar refractivity (Wildman–Crippen MR) is 405 cm³/mol. The molecule has 476 valence electrons. The first-order valence-electron chi connectivity index (χ1n) is 34.5. The Hall–Kier alpha value is -8.02. The van der Waals surface area contributed by atoms with Gasteiger partial charge >= 0.3 is 0 Å². The van der Waals surface area contributed by atoms with Crippen molar-refractivity contribution in [3.05, 3.63) is 233 Å². The van der Waals surface area contributed by atoms with Crippen LogP contribution in [0.15, 0.2) is 188 Å². The number of rotatable bonds is 7. The Morgan fingerprint density at radius 2 is 0.785 bits per heavy atom. The van der Waals surface area contributed by atoms with Gasteiger partial charge in [0.1, 0.15) is 0 Å². The molecule has 0 N–H and O–H groups in total. The first-order chi connectivity index (χ1) is 43.4. The van der Waals surface area contributed by atoms with Gasteiger partial charge in [-0.25, -0.2) is 0 Å². The van der Waals surface area contributed by atoms with Gasteiger partial charge in [0.25, 0.3) is 6.71 Å². The second-order valence-corrected chi connectivity index (χ2v) is 35.1. The Labute approximate surface area is 559 Å². The van der Waals surface area contributed by atoms with Crippen LogP contribution in [0, 0.1) is 0 Å². The Kier molecular flexibility index (Phi) is 14.9. The van der Waals surface area contributed by atoms with Gasteiger partial charge in [-0.15, -0.1) is 0 Å². The number of benzene rings is 9. The molecule has 2 aliphatic heterocycles. The van der Waals surface area contributed by atoms with Gasteiger partial charge < -0.3 is 19.3 Å². The quantitative estimate of drug-likeness (QED) is 0.148. The minimum absolute atomic E-state index is 0.0264. The second-order valence-electron chi connectivity index (χ2n) is 35.1. The van der Waals surface area contributed by atoms with Crippen molar-refractivity contribution in [3.63, 3.8) is 0 Å². The van der Waals surface area contributed by atoms with Crippen LogP contribution >= 0.6 is 0 Å². The van der Waals surface area contributed by atoms with Crippen LogP contribution < -0.4 is 31.2 Å². The van der Waals surface area contributed by atoms with Crippen LogP contribution in [0.1, 0.15) is 210 Å². The summed E-state index contributed by atoms with van der Waals surface area (Å²) in [7, 11) is 0. The number of hydrogen-bond donors (Lipinski definition) is 0. The van der Waals surface area contributed by atoms with E-state index in [2.05, 4.69) is 360 Å². The molecule has 0 unspecified atom stereocenters. The van der Waals surface area contributed by atoms with Gasteiger partial charge in [0.15, 0.2) is 0 Å². The molecule has 4 nitrogen and oxygen atoms in total. The molecule has 9 aromatic carbocycles. The van der Waals surface area contributed by atoms with E-state index >= 15 is 0 Å². The van der Waals surface area contributed by atoms with E-state index in [1.165, 1.54) is 106 Å². The first kappa shape index (κ1) is 63.7. The van der Waals surface area contributed by atoms with Gasteiger partial charge in [-0.2, -0.15) is 0 Å². The maximum atomic E-state index is 2.75. The molecule has 0 spiro atoms. The van der Waals surface area contributed by atoms with E-state index in [0.29, 0.717) is 0 Å². The summed E-state index contributed by atoms with van der Waals surface area (Å²) in [5.41, 5.74) is 29.3. The maximum Gasteiger partial charge on any atom is 0.273 e. The van der Waals surface area contributed by atoms with E-state index in [4.69, 9.17) is 0 Å². The number of hydrogen-bond acceptors (Lipinski definition) is 3. The summed E-state index contributed by atoms with van der Waals surface area (Å²) < 4.78 is 2.69. The summed E-state index contributed by atoms with van der Waals surface area (Å²) >= 11 is 0. The molecule has 0 radical (unpaired) electrons. The maximum absolute atomic E-state index is 2.75. The average molecular weight is 1230 g/mol. The molecular formula is C88H101BN4. The molecule has 10 aromatic rings. The van der Waals surface area contributed by atoms with Crippen molar-refractivity contribution in [1.82, 2.24) is 4.57 Å². The van der Waals surface area contributed by atoms with Crippen LogP contribution in [0.2, 0.25) is 0 Å². The largest absolute Gasteiger partial charge is 0.319 e. The average Bonchev–Trinajstić information content (AvgIpc) is 1.65. The molecule has 1 aromatic heterocycles. The fraction of sp³-hybridized carbons (Fsp3) is 0.364. The van der Waals surface area contributed by atoms with Crippen molar-refractivity contribution in [3.8, 4) is 16.8 Å². The number of fused-ring (bicyclic) bond motifs is 7. The van der Waals surface area contributed by atoms with Crippen LogP contribution in [0.4, 0.5) is 51.2 Å². The zero-order valence-corrected chi connectivity index (χ0v) is 60.2. The van der Waals surface area contributed by atoms with Gasteiger partial charge in [0, 0.05) is 56.4 Å². The number of nitrogens with zero attached hydrogens (tertiary/aromatic N) is 4. The van der Waals surface area contributed by atoms with Gasteiger partial charge in [-0.3, -0.25) is 0 Å². The molecule has 0 amide bonds. The molecule has 0 saturated heterocycles. The van der Waals surface area contributed by atoms with Gasteiger partial charge in [-0.1, -0.05) is 249 Å². The van der Waals surface area contributed by atoms with E-state index in [-0.39, 0.29) is 50.0 Å². The lowest BCUT2D eigenvalue weighted by molar-refractivity contribution is 0.332. The summed E-state index contributed by atoms with van der Waals surface area (Å²) in [4.78, 5) is 7.99. The van der Waals surface area contributed by atoms with E-state index in [0.717, 1.165) is 47.0 Å². The summed E-state index contributed by atoms with van der Waals surface area (Å²) in [5, 5.41) is 1.24. The highest BCUT2D eigenvalue weighted by atomic mass is 15.2. The van der Waals surface area contributed by atoms with Crippen molar-refractivity contribution >= 4 is 85.3 Å². The summed E-state index contributed by atoms with van der Waals surface area (Å²) in [6.45, 7) is 51.8. The first-order valence-corrected chi connectivity index (χ1v) is 34.5. The minimum atomic E-state index is -0.214. The lowest BCUT2D eigenvalue weighted by Crippen LogP contribution is -2.63. The topological polar surface area (TPSA) is 14.7 Å². The van der Waals surface area contributed by atoms with Crippen LogP contribution in [0.25, 0.3) is 27.7 Å². The SMILES string of the molecule is CC(C)(C)c1ccc(N(c2ccc(C(C)(C)C)cc2)c2cc3c4c(c2)N(c2ccc(C(C)(C)C)cc2-c2ccccc2)c2c(n(-c5ccc(C(C)(C)C)cc5)c5ccc(C(C)(C)C)cc25)B4c2cc4c(cc2N3c2ccc(C(C)(C)C)cc2)C(C)(C)CCC4(C)C)cc1. The molecule has 0 fully saturated rings. The lowest BCUT2D eigenvalue weighted by Gasteiger charge is -2.47. The lowest BCUT2D eigenvalue weighted by atomic mass is 9.34. The van der Waals surface area contributed by atoms with Crippen LogP contribution in [0.5, 0.6) is 0 Å². The van der Waals surface area contributed by atoms with Gasteiger partial charge in [0.2, 0.25) is 0 Å². The van der Waals surface area contributed by atoms with Gasteiger partial charge in [-0.05, 0) is 208 Å².